The first-order valence-corrected chi connectivity index (χ1v) is 12.4. The lowest BCUT2D eigenvalue weighted by Crippen LogP contribution is -2.16. The van der Waals surface area contributed by atoms with E-state index < -0.39 is 10.0 Å². The van der Waals surface area contributed by atoms with Crippen molar-refractivity contribution in [3.05, 3.63) is 53.3 Å². The fraction of sp³-hybridized carbons (Fsp3) is 0.304. The Morgan fingerprint density at radius 2 is 1.83 bits per heavy atom. The second-order valence-corrected chi connectivity index (χ2v) is 9.58. The fourth-order valence-corrected chi connectivity index (χ4v) is 4.29. The largest absolute Gasteiger partial charge is 0.497 e. The number of methoxy groups -OCH3 is 2. The maximum absolute atomic E-state index is 13.3. The molecule has 2 N–H and O–H groups in total. The lowest BCUT2D eigenvalue weighted by atomic mass is 10.0. The van der Waals surface area contributed by atoms with Crippen LogP contribution in [0.4, 0.5) is 5.82 Å². The number of hydrogen-bond acceptors (Lipinski definition) is 9. The Hall–Kier alpha value is -3.28. The Bertz CT molecular complexity index is 1290. The molecule has 12 heteroatoms. The number of aliphatic hydroxyl groups excluding tert-OH is 1. The highest BCUT2D eigenvalue weighted by Crippen LogP contribution is 2.40. The molecule has 3 aromatic rings. The van der Waals surface area contributed by atoms with E-state index in [4.69, 9.17) is 35.7 Å². The third-order valence-electron chi connectivity index (χ3n) is 4.82. The van der Waals surface area contributed by atoms with E-state index in [1.807, 2.05) is 13.8 Å². The van der Waals surface area contributed by atoms with Crippen molar-refractivity contribution in [2.75, 3.05) is 32.2 Å². The summed E-state index contributed by atoms with van der Waals surface area (Å²) in [6.45, 7) is 3.46. The monoisotopic (exact) mass is 523 g/mol. The summed E-state index contributed by atoms with van der Waals surface area (Å²) >= 11 is 6.26. The molecule has 0 aliphatic heterocycles. The summed E-state index contributed by atoms with van der Waals surface area (Å²) in [7, 11) is -1.10. The number of ether oxygens (including phenoxy) is 4. The number of aliphatic hydroxyl groups is 1. The number of nitrogens with zero attached hydrogens (tertiary/aromatic N) is 2. The topological polar surface area (TPSA) is 129 Å². The predicted molar refractivity (Wildman–Crippen MR) is 131 cm³/mol. The van der Waals surface area contributed by atoms with Crippen molar-refractivity contribution in [1.82, 2.24) is 9.97 Å². The van der Waals surface area contributed by atoms with Crippen LogP contribution in [0.3, 0.4) is 0 Å². The van der Waals surface area contributed by atoms with Crippen molar-refractivity contribution >= 4 is 27.4 Å². The molecular weight excluding hydrogens is 498 g/mol. The number of hydrogen-bond donors (Lipinski definition) is 2. The first kappa shape index (κ1) is 26.3. The van der Waals surface area contributed by atoms with Crippen LogP contribution in [-0.4, -0.2) is 50.9 Å². The normalized spacial score (nSPS) is 11.3. The first-order chi connectivity index (χ1) is 16.7. The number of rotatable bonds is 11. The predicted octanol–water partition coefficient (Wildman–Crippen LogP) is 4.23. The number of halogens is 1. The molecule has 0 saturated heterocycles. The van der Waals surface area contributed by atoms with Gasteiger partial charge in [-0.1, -0.05) is 25.4 Å². The molecular formula is C23H26ClN3O7S. The Morgan fingerprint density at radius 3 is 2.49 bits per heavy atom. The highest BCUT2D eigenvalue weighted by atomic mass is 35.5. The van der Waals surface area contributed by atoms with Gasteiger partial charge >= 0.3 is 0 Å². The third-order valence-corrected chi connectivity index (χ3v) is 6.46. The molecule has 0 aliphatic rings. The SMILES string of the molecule is COc1ccc(Cl)c(Oc2c(NS(=O)(=O)c3ccc(OC)c(C(C)C)c3)ncnc2OCCO)c1. The van der Waals surface area contributed by atoms with Crippen LogP contribution in [-0.2, 0) is 10.0 Å². The molecule has 35 heavy (non-hydrogen) atoms. The maximum atomic E-state index is 13.3. The van der Waals surface area contributed by atoms with E-state index in [2.05, 4.69) is 14.7 Å². The Kier molecular flexibility index (Phi) is 8.60. The van der Waals surface area contributed by atoms with Gasteiger partial charge in [0.15, 0.2) is 5.82 Å². The molecule has 10 nitrogen and oxygen atoms in total. The molecule has 0 bridgehead atoms. The minimum absolute atomic E-state index is 0.00352. The Morgan fingerprint density at radius 1 is 1.06 bits per heavy atom. The van der Waals surface area contributed by atoms with Gasteiger partial charge in [0.1, 0.15) is 30.2 Å². The summed E-state index contributed by atoms with van der Waals surface area (Å²) < 4.78 is 50.9. The highest BCUT2D eigenvalue weighted by molar-refractivity contribution is 7.92. The zero-order valence-electron chi connectivity index (χ0n) is 19.6. The number of aromatic nitrogens is 2. The summed E-state index contributed by atoms with van der Waals surface area (Å²) in [5.41, 5.74) is 0.727. The molecule has 0 fully saturated rings. The number of sulfonamides is 1. The third kappa shape index (κ3) is 6.24. The molecule has 3 rings (SSSR count). The molecule has 0 unspecified atom stereocenters. The van der Waals surface area contributed by atoms with E-state index in [1.54, 1.807) is 18.2 Å². The van der Waals surface area contributed by atoms with Crippen LogP contribution in [0.25, 0.3) is 0 Å². The van der Waals surface area contributed by atoms with Gasteiger partial charge in [0.2, 0.25) is 5.75 Å². The van der Waals surface area contributed by atoms with Crippen molar-refractivity contribution < 1.29 is 32.5 Å². The van der Waals surface area contributed by atoms with Crippen molar-refractivity contribution in [2.45, 2.75) is 24.7 Å². The number of anilines is 1. The van der Waals surface area contributed by atoms with E-state index in [0.29, 0.717) is 11.5 Å². The van der Waals surface area contributed by atoms with Crippen LogP contribution in [0.15, 0.2) is 47.6 Å². The first-order valence-electron chi connectivity index (χ1n) is 10.5. The van der Waals surface area contributed by atoms with Gasteiger partial charge in [0, 0.05) is 6.07 Å². The van der Waals surface area contributed by atoms with Crippen LogP contribution in [0, 0.1) is 0 Å². The summed E-state index contributed by atoms with van der Waals surface area (Å²) in [4.78, 5) is 8.07. The average molecular weight is 524 g/mol. The van der Waals surface area contributed by atoms with Crippen molar-refractivity contribution in [3.8, 4) is 28.9 Å². The molecule has 0 spiro atoms. The van der Waals surface area contributed by atoms with Crippen molar-refractivity contribution in [2.24, 2.45) is 0 Å². The smallest absolute Gasteiger partial charge is 0.263 e. The molecule has 1 aromatic heterocycles. The van der Waals surface area contributed by atoms with Crippen LogP contribution in [0.2, 0.25) is 5.02 Å². The molecule has 0 amide bonds. The van der Waals surface area contributed by atoms with Gasteiger partial charge in [-0.3, -0.25) is 4.72 Å². The fourth-order valence-electron chi connectivity index (χ4n) is 3.08. The standard InChI is InChI=1S/C23H26ClN3O7S/c1-14(2)17-12-16(6-8-19(17)32-4)35(29,30)27-22-21(23(26-13-25-22)33-10-9-28)34-20-11-15(31-3)5-7-18(20)24/h5-8,11-14,28H,9-10H2,1-4H3,(H,25,26,27). The molecule has 0 radical (unpaired) electrons. The van der Waals surface area contributed by atoms with Gasteiger partial charge in [-0.2, -0.15) is 4.98 Å². The van der Waals surface area contributed by atoms with Crippen LogP contribution in [0.5, 0.6) is 28.9 Å². The molecule has 0 atom stereocenters. The van der Waals surface area contributed by atoms with Gasteiger partial charge in [0.05, 0.1) is 30.7 Å². The van der Waals surface area contributed by atoms with E-state index in [1.165, 1.54) is 32.4 Å². The number of nitrogens with one attached hydrogen (secondary N) is 1. The van der Waals surface area contributed by atoms with Gasteiger partial charge < -0.3 is 24.1 Å². The second kappa shape index (κ2) is 11.4. The zero-order valence-corrected chi connectivity index (χ0v) is 21.2. The van der Waals surface area contributed by atoms with E-state index in [0.717, 1.165) is 11.9 Å². The summed E-state index contributed by atoms with van der Waals surface area (Å²) in [6.07, 6.45) is 1.11. The van der Waals surface area contributed by atoms with E-state index in [9.17, 15) is 8.42 Å². The maximum Gasteiger partial charge on any atom is 0.263 e. The van der Waals surface area contributed by atoms with Gasteiger partial charge in [-0.15, -0.1) is 0 Å². The lowest BCUT2D eigenvalue weighted by Gasteiger charge is -2.17. The zero-order chi connectivity index (χ0) is 25.6. The molecule has 188 valence electrons. The second-order valence-electron chi connectivity index (χ2n) is 7.49. The van der Waals surface area contributed by atoms with Gasteiger partial charge in [-0.05, 0) is 41.8 Å². The lowest BCUT2D eigenvalue weighted by molar-refractivity contribution is 0.192. The molecule has 0 saturated carbocycles. The average Bonchev–Trinajstić information content (AvgIpc) is 2.84. The van der Waals surface area contributed by atoms with Crippen molar-refractivity contribution in [3.63, 3.8) is 0 Å². The summed E-state index contributed by atoms with van der Waals surface area (Å²) in [5.74, 6) is 0.792. The van der Waals surface area contributed by atoms with Crippen LogP contribution in [0.1, 0.15) is 25.3 Å². The van der Waals surface area contributed by atoms with Gasteiger partial charge in [-0.25, -0.2) is 13.4 Å². The van der Waals surface area contributed by atoms with Crippen LogP contribution < -0.4 is 23.7 Å². The molecule has 1 heterocycles. The van der Waals surface area contributed by atoms with E-state index >= 15 is 0 Å². The summed E-state index contributed by atoms with van der Waals surface area (Å²) in [6, 6.07) is 9.27. The Labute approximate surface area is 208 Å². The van der Waals surface area contributed by atoms with E-state index in [-0.39, 0.29) is 52.2 Å². The molecule has 2 aromatic carbocycles. The minimum atomic E-state index is -4.11. The van der Waals surface area contributed by atoms with Crippen molar-refractivity contribution in [1.29, 1.82) is 0 Å². The minimum Gasteiger partial charge on any atom is -0.497 e. The quantitative estimate of drug-likeness (QED) is 0.379. The Balaban J connectivity index is 2.05. The highest BCUT2D eigenvalue weighted by Gasteiger charge is 2.24. The summed E-state index contributed by atoms with van der Waals surface area (Å²) in [5, 5.41) is 9.40. The number of benzene rings is 2. The van der Waals surface area contributed by atoms with Crippen LogP contribution >= 0.6 is 11.6 Å². The van der Waals surface area contributed by atoms with Gasteiger partial charge in [0.25, 0.3) is 15.9 Å². The molecule has 0 aliphatic carbocycles.